The first-order chi connectivity index (χ1) is 10.1. The fourth-order valence-corrected chi connectivity index (χ4v) is 2.80. The molecule has 21 heavy (non-hydrogen) atoms. The van der Waals surface area contributed by atoms with Gasteiger partial charge in [-0.3, -0.25) is 4.79 Å². The van der Waals surface area contributed by atoms with Gasteiger partial charge in [-0.05, 0) is 43.9 Å². The van der Waals surface area contributed by atoms with Gasteiger partial charge in [-0.1, -0.05) is 6.42 Å². The minimum absolute atomic E-state index is 0.0824. The topological polar surface area (TPSA) is 59.2 Å². The SMILES string of the molecule is O=C(OC1CCCCC1)c1cc(=O)[nH]c2cc(F)ccc12. The number of carbonyl (C=O) groups is 1. The van der Waals surface area contributed by atoms with Gasteiger partial charge in [0, 0.05) is 11.5 Å². The van der Waals surface area contributed by atoms with Crippen LogP contribution < -0.4 is 5.56 Å². The summed E-state index contributed by atoms with van der Waals surface area (Å²) in [5.41, 5.74) is 0.0566. The number of nitrogens with one attached hydrogen (secondary N) is 1. The molecule has 110 valence electrons. The largest absolute Gasteiger partial charge is 0.459 e. The van der Waals surface area contributed by atoms with E-state index in [4.69, 9.17) is 4.74 Å². The quantitative estimate of drug-likeness (QED) is 0.864. The molecule has 1 heterocycles. The first-order valence-corrected chi connectivity index (χ1v) is 7.17. The zero-order chi connectivity index (χ0) is 14.8. The van der Waals surface area contributed by atoms with Crippen LogP contribution in [-0.4, -0.2) is 17.1 Å². The lowest BCUT2D eigenvalue weighted by atomic mass is 9.98. The molecule has 5 heteroatoms. The fraction of sp³-hybridized carbons (Fsp3) is 0.375. The number of hydrogen-bond donors (Lipinski definition) is 1. The average molecular weight is 289 g/mol. The highest BCUT2D eigenvalue weighted by atomic mass is 19.1. The average Bonchev–Trinajstić information content (AvgIpc) is 2.47. The maximum atomic E-state index is 13.2. The highest BCUT2D eigenvalue weighted by molar-refractivity contribution is 6.03. The lowest BCUT2D eigenvalue weighted by Crippen LogP contribution is -2.22. The summed E-state index contributed by atoms with van der Waals surface area (Å²) >= 11 is 0. The fourth-order valence-electron chi connectivity index (χ4n) is 2.80. The minimum Gasteiger partial charge on any atom is -0.459 e. The summed E-state index contributed by atoms with van der Waals surface area (Å²) in [7, 11) is 0. The highest BCUT2D eigenvalue weighted by Crippen LogP contribution is 2.23. The number of carbonyl (C=O) groups excluding carboxylic acids is 1. The maximum Gasteiger partial charge on any atom is 0.339 e. The van der Waals surface area contributed by atoms with E-state index in [2.05, 4.69) is 4.98 Å². The summed E-state index contributed by atoms with van der Waals surface area (Å²) in [5, 5.41) is 0.497. The second-order valence-corrected chi connectivity index (χ2v) is 5.40. The van der Waals surface area contributed by atoms with Gasteiger partial charge in [0.2, 0.25) is 5.56 Å². The molecule has 1 aliphatic rings. The molecule has 1 N–H and O–H groups in total. The van der Waals surface area contributed by atoms with Crippen LogP contribution in [0.3, 0.4) is 0 Å². The smallest absolute Gasteiger partial charge is 0.339 e. The Labute approximate surface area is 120 Å². The molecule has 0 aliphatic heterocycles. The molecule has 2 aromatic rings. The number of aromatic nitrogens is 1. The van der Waals surface area contributed by atoms with Gasteiger partial charge in [0.1, 0.15) is 11.9 Å². The number of benzene rings is 1. The normalized spacial score (nSPS) is 16.0. The van der Waals surface area contributed by atoms with E-state index in [-0.39, 0.29) is 11.7 Å². The highest BCUT2D eigenvalue weighted by Gasteiger charge is 2.20. The monoisotopic (exact) mass is 289 g/mol. The third-order valence-electron chi connectivity index (χ3n) is 3.85. The molecular weight excluding hydrogens is 273 g/mol. The summed E-state index contributed by atoms with van der Waals surface area (Å²) in [5.74, 6) is -0.972. The van der Waals surface area contributed by atoms with Crippen LogP contribution >= 0.6 is 0 Å². The first-order valence-electron chi connectivity index (χ1n) is 7.17. The molecule has 0 bridgehead atoms. The Morgan fingerprint density at radius 3 is 2.71 bits per heavy atom. The molecule has 0 atom stereocenters. The molecule has 4 nitrogen and oxygen atoms in total. The predicted octanol–water partition coefficient (Wildman–Crippen LogP) is 3.16. The summed E-state index contributed by atoms with van der Waals surface area (Å²) in [6, 6.07) is 5.16. The van der Waals surface area contributed by atoms with Crippen LogP contribution in [0.15, 0.2) is 29.1 Å². The number of aromatic amines is 1. The third kappa shape index (κ3) is 2.96. The zero-order valence-electron chi connectivity index (χ0n) is 11.5. The van der Waals surface area contributed by atoms with E-state index in [0.717, 1.165) is 25.7 Å². The molecule has 3 rings (SSSR count). The van der Waals surface area contributed by atoms with E-state index >= 15 is 0 Å². The first kappa shape index (κ1) is 13.8. The lowest BCUT2D eigenvalue weighted by Gasteiger charge is -2.22. The summed E-state index contributed by atoms with van der Waals surface area (Å²) < 4.78 is 18.7. The number of halogens is 1. The predicted molar refractivity (Wildman–Crippen MR) is 76.8 cm³/mol. The molecular formula is C16H16FNO3. The standard InChI is InChI=1S/C16H16FNO3/c17-10-6-7-12-13(9-15(19)18-14(12)8-10)16(20)21-11-4-2-1-3-5-11/h6-9,11H,1-5H2,(H,18,19). The minimum atomic E-state index is -0.510. The molecule has 0 unspecified atom stereocenters. The lowest BCUT2D eigenvalue weighted by molar-refractivity contribution is 0.0213. The molecule has 1 aromatic heterocycles. The number of pyridine rings is 1. The Bertz CT molecular complexity index is 732. The van der Waals surface area contributed by atoms with Crippen LogP contribution in [0.2, 0.25) is 0 Å². The Hall–Kier alpha value is -2.17. The van der Waals surface area contributed by atoms with Crippen molar-refractivity contribution in [2.24, 2.45) is 0 Å². The molecule has 1 fully saturated rings. The maximum absolute atomic E-state index is 13.2. The van der Waals surface area contributed by atoms with Crippen molar-refractivity contribution in [1.29, 1.82) is 0 Å². The van der Waals surface area contributed by atoms with Crippen LogP contribution in [0.5, 0.6) is 0 Å². The van der Waals surface area contributed by atoms with Gasteiger partial charge in [0.25, 0.3) is 0 Å². The van der Waals surface area contributed by atoms with Gasteiger partial charge >= 0.3 is 5.97 Å². The van der Waals surface area contributed by atoms with E-state index < -0.39 is 17.3 Å². The number of ether oxygens (including phenoxy) is 1. The Morgan fingerprint density at radius 1 is 1.19 bits per heavy atom. The van der Waals surface area contributed by atoms with Gasteiger partial charge in [-0.25, -0.2) is 9.18 Å². The summed E-state index contributed by atoms with van der Waals surface area (Å²) in [6.45, 7) is 0. The van der Waals surface area contributed by atoms with Crippen LogP contribution in [0.4, 0.5) is 4.39 Å². The van der Waals surface area contributed by atoms with Gasteiger partial charge in [-0.15, -0.1) is 0 Å². The van der Waals surface area contributed by atoms with Gasteiger partial charge in [0.15, 0.2) is 0 Å². The number of esters is 1. The second-order valence-electron chi connectivity index (χ2n) is 5.40. The van der Waals surface area contributed by atoms with Gasteiger partial charge in [-0.2, -0.15) is 0 Å². The summed E-state index contributed by atoms with van der Waals surface area (Å²) in [6.07, 6.45) is 4.92. The Morgan fingerprint density at radius 2 is 1.95 bits per heavy atom. The molecule has 0 saturated heterocycles. The van der Waals surface area contributed by atoms with E-state index in [0.29, 0.717) is 10.9 Å². The van der Waals surface area contributed by atoms with E-state index in [9.17, 15) is 14.0 Å². The van der Waals surface area contributed by atoms with Crippen molar-refractivity contribution in [1.82, 2.24) is 4.98 Å². The van der Waals surface area contributed by atoms with E-state index in [1.54, 1.807) is 0 Å². The van der Waals surface area contributed by atoms with Crippen molar-refractivity contribution in [3.05, 3.63) is 46.0 Å². The van der Waals surface area contributed by atoms with Crippen molar-refractivity contribution < 1.29 is 13.9 Å². The van der Waals surface area contributed by atoms with Crippen LogP contribution in [-0.2, 0) is 4.74 Å². The van der Waals surface area contributed by atoms with Crippen LogP contribution in [0, 0.1) is 5.82 Å². The number of fused-ring (bicyclic) bond motifs is 1. The molecule has 0 amide bonds. The summed E-state index contributed by atoms with van der Waals surface area (Å²) in [4.78, 5) is 26.4. The number of hydrogen-bond acceptors (Lipinski definition) is 3. The second kappa shape index (κ2) is 5.68. The molecule has 1 aromatic carbocycles. The molecule has 1 aliphatic carbocycles. The number of rotatable bonds is 2. The zero-order valence-corrected chi connectivity index (χ0v) is 11.5. The van der Waals surface area contributed by atoms with E-state index in [1.165, 1.54) is 30.7 Å². The van der Waals surface area contributed by atoms with Gasteiger partial charge in [0.05, 0.1) is 11.1 Å². The van der Waals surface area contributed by atoms with Crippen molar-refractivity contribution in [2.75, 3.05) is 0 Å². The molecule has 0 radical (unpaired) electrons. The van der Waals surface area contributed by atoms with Crippen LogP contribution in [0.1, 0.15) is 42.5 Å². The third-order valence-corrected chi connectivity index (χ3v) is 3.85. The van der Waals surface area contributed by atoms with Crippen molar-refractivity contribution in [2.45, 2.75) is 38.2 Å². The van der Waals surface area contributed by atoms with Crippen molar-refractivity contribution in [3.8, 4) is 0 Å². The van der Waals surface area contributed by atoms with Gasteiger partial charge < -0.3 is 9.72 Å². The number of H-pyrrole nitrogens is 1. The molecule has 1 saturated carbocycles. The van der Waals surface area contributed by atoms with E-state index in [1.807, 2.05) is 0 Å². The Kier molecular flexibility index (Phi) is 3.73. The molecule has 0 spiro atoms. The van der Waals surface area contributed by atoms with Crippen molar-refractivity contribution >= 4 is 16.9 Å². The van der Waals surface area contributed by atoms with Crippen LogP contribution in [0.25, 0.3) is 10.9 Å². The Balaban J connectivity index is 1.95. The van der Waals surface area contributed by atoms with Crippen molar-refractivity contribution in [3.63, 3.8) is 0 Å².